The lowest BCUT2D eigenvalue weighted by molar-refractivity contribution is 0.845. The lowest BCUT2D eigenvalue weighted by atomic mass is 10.6. The van der Waals surface area contributed by atoms with Gasteiger partial charge in [0.15, 0.2) is 11.6 Å². The molecule has 0 aliphatic heterocycles. The molecule has 0 spiro atoms. The molecule has 0 radical (unpaired) electrons. The smallest absolute Gasteiger partial charge is 0.208 e. The zero-order valence-corrected chi connectivity index (χ0v) is 11.8. The molecule has 0 unspecified atom stereocenters. The SMILES string of the molecule is Clc1nc(C(Cl)(Cl)Cl)nc(C(Cl)(Cl)Cl)n1. The molecular weight excluding hydrogens is 350 g/mol. The molecule has 1 aromatic heterocycles. The van der Waals surface area contributed by atoms with Gasteiger partial charge in [-0.1, -0.05) is 69.6 Å². The van der Waals surface area contributed by atoms with E-state index in [0.717, 1.165) is 0 Å². The summed E-state index contributed by atoms with van der Waals surface area (Å²) in [5, 5.41) is -0.229. The zero-order chi connectivity index (χ0) is 11.9. The Morgan fingerprint density at radius 3 is 1.27 bits per heavy atom. The lowest BCUT2D eigenvalue weighted by Crippen LogP contribution is -2.15. The maximum Gasteiger partial charge on any atom is 0.250 e. The van der Waals surface area contributed by atoms with Gasteiger partial charge in [0.1, 0.15) is 0 Å². The van der Waals surface area contributed by atoms with Crippen LogP contribution in [0.1, 0.15) is 11.6 Å². The van der Waals surface area contributed by atoms with Gasteiger partial charge in [-0.15, -0.1) is 0 Å². The fourth-order valence-corrected chi connectivity index (χ4v) is 1.27. The molecule has 0 amide bonds. The highest BCUT2D eigenvalue weighted by molar-refractivity contribution is 6.67. The van der Waals surface area contributed by atoms with Crippen LogP contribution in [0, 0.1) is 0 Å². The summed E-state index contributed by atoms with van der Waals surface area (Å²) in [5.74, 6) is -0.428. The van der Waals surface area contributed by atoms with E-state index in [1.54, 1.807) is 0 Å². The standard InChI is InChI=1S/C5Cl7N3/c6-3-14-1(4(7,8)9)13-2(15-3)5(10,11)12. The molecule has 0 N–H and O–H groups in total. The molecule has 1 heterocycles. The zero-order valence-electron chi connectivity index (χ0n) is 6.49. The minimum absolute atomic E-state index is 0.214. The van der Waals surface area contributed by atoms with Crippen molar-refractivity contribution in [2.45, 2.75) is 7.59 Å². The van der Waals surface area contributed by atoms with E-state index in [2.05, 4.69) is 15.0 Å². The molecule has 0 saturated heterocycles. The molecule has 1 rings (SSSR count). The van der Waals surface area contributed by atoms with Crippen LogP contribution in [0.2, 0.25) is 5.28 Å². The Morgan fingerprint density at radius 2 is 1.00 bits per heavy atom. The van der Waals surface area contributed by atoms with Crippen molar-refractivity contribution in [3.8, 4) is 0 Å². The summed E-state index contributed by atoms with van der Waals surface area (Å²) in [4.78, 5) is 10.9. The molecule has 10 heteroatoms. The van der Waals surface area contributed by atoms with Gasteiger partial charge in [-0.2, -0.15) is 9.97 Å². The second-order valence-electron chi connectivity index (χ2n) is 2.25. The average molecular weight is 350 g/mol. The Bertz CT molecular complexity index is 336. The Kier molecular flexibility index (Phi) is 4.45. The van der Waals surface area contributed by atoms with Gasteiger partial charge in [-0.25, -0.2) is 4.98 Å². The molecule has 3 nitrogen and oxygen atoms in total. The predicted octanol–water partition coefficient (Wildman–Crippen LogP) is 4.18. The van der Waals surface area contributed by atoms with Crippen LogP contribution in [0.25, 0.3) is 0 Å². The highest BCUT2D eigenvalue weighted by atomic mass is 35.6. The lowest BCUT2D eigenvalue weighted by Gasteiger charge is -2.13. The Hall–Kier alpha value is 1.04. The van der Waals surface area contributed by atoms with Crippen LogP contribution in [-0.4, -0.2) is 15.0 Å². The van der Waals surface area contributed by atoms with Crippen molar-refractivity contribution < 1.29 is 0 Å². The molecule has 0 aliphatic carbocycles. The molecule has 0 aromatic carbocycles. The van der Waals surface area contributed by atoms with Gasteiger partial charge in [-0.05, 0) is 11.6 Å². The Balaban J connectivity index is 3.30. The van der Waals surface area contributed by atoms with Crippen molar-refractivity contribution in [2.24, 2.45) is 0 Å². The van der Waals surface area contributed by atoms with E-state index < -0.39 is 7.59 Å². The van der Waals surface area contributed by atoms with Crippen molar-refractivity contribution in [3.63, 3.8) is 0 Å². The van der Waals surface area contributed by atoms with E-state index in [0.29, 0.717) is 0 Å². The summed E-state index contributed by atoms with van der Waals surface area (Å²) >= 11 is 38.8. The first kappa shape index (κ1) is 14.1. The minimum Gasteiger partial charge on any atom is -0.208 e. The number of alkyl halides is 6. The number of hydrogen-bond donors (Lipinski definition) is 0. The first-order valence-corrected chi connectivity index (χ1v) is 5.81. The number of nitrogens with zero attached hydrogens (tertiary/aromatic N) is 3. The molecule has 0 saturated carbocycles. The largest absolute Gasteiger partial charge is 0.250 e. The van der Waals surface area contributed by atoms with Gasteiger partial charge in [0.2, 0.25) is 12.9 Å². The number of aromatic nitrogens is 3. The number of rotatable bonds is 0. The second-order valence-corrected chi connectivity index (χ2v) is 7.15. The second kappa shape index (κ2) is 4.73. The van der Waals surface area contributed by atoms with E-state index >= 15 is 0 Å². The van der Waals surface area contributed by atoms with Crippen molar-refractivity contribution in [2.75, 3.05) is 0 Å². The normalized spacial score (nSPS) is 13.0. The van der Waals surface area contributed by atoms with Gasteiger partial charge in [-0.3, -0.25) is 0 Å². The van der Waals surface area contributed by atoms with Crippen LogP contribution >= 0.6 is 81.2 Å². The van der Waals surface area contributed by atoms with Crippen molar-refractivity contribution in [1.82, 2.24) is 15.0 Å². The van der Waals surface area contributed by atoms with Gasteiger partial charge < -0.3 is 0 Å². The van der Waals surface area contributed by atoms with Gasteiger partial charge in [0.05, 0.1) is 0 Å². The summed E-state index contributed by atoms with van der Waals surface area (Å²) < 4.78 is -3.73. The quantitative estimate of drug-likeness (QED) is 0.659. The van der Waals surface area contributed by atoms with Gasteiger partial charge in [0.25, 0.3) is 0 Å². The maximum atomic E-state index is 5.55. The van der Waals surface area contributed by atoms with Crippen LogP contribution in [0.4, 0.5) is 0 Å². The van der Waals surface area contributed by atoms with E-state index in [1.807, 2.05) is 0 Å². The molecular formula is C5Cl7N3. The Labute approximate surface area is 120 Å². The summed E-state index contributed by atoms with van der Waals surface area (Å²) in [6.07, 6.45) is 0. The predicted molar refractivity (Wildman–Crippen MR) is 63.3 cm³/mol. The molecule has 15 heavy (non-hydrogen) atoms. The average Bonchev–Trinajstić information content (AvgIpc) is 1.99. The molecule has 0 atom stereocenters. The molecule has 0 aliphatic rings. The fraction of sp³-hybridized carbons (Fsp3) is 0.400. The van der Waals surface area contributed by atoms with Crippen molar-refractivity contribution in [3.05, 3.63) is 16.9 Å². The first-order valence-electron chi connectivity index (χ1n) is 3.16. The van der Waals surface area contributed by atoms with Gasteiger partial charge >= 0.3 is 0 Å². The van der Waals surface area contributed by atoms with Crippen molar-refractivity contribution in [1.29, 1.82) is 0 Å². The summed E-state index contributed by atoms with van der Waals surface area (Å²) in [6, 6.07) is 0. The van der Waals surface area contributed by atoms with Crippen LogP contribution < -0.4 is 0 Å². The number of halogens is 7. The summed E-state index contributed by atoms with van der Waals surface area (Å²) in [5.41, 5.74) is 0. The van der Waals surface area contributed by atoms with E-state index in [4.69, 9.17) is 81.2 Å². The molecule has 0 fully saturated rings. The third kappa shape index (κ3) is 4.08. The van der Waals surface area contributed by atoms with Crippen molar-refractivity contribution >= 4 is 81.2 Å². The van der Waals surface area contributed by atoms with Crippen LogP contribution in [-0.2, 0) is 7.59 Å². The minimum atomic E-state index is -1.86. The van der Waals surface area contributed by atoms with E-state index in [1.165, 1.54) is 0 Å². The monoisotopic (exact) mass is 347 g/mol. The number of hydrogen-bond acceptors (Lipinski definition) is 3. The third-order valence-corrected chi connectivity index (χ3v) is 2.30. The fourth-order valence-electron chi connectivity index (χ4n) is 0.604. The molecule has 0 bridgehead atoms. The summed E-state index contributed by atoms with van der Waals surface area (Å²) in [6.45, 7) is 0. The molecule has 1 aromatic rings. The first-order chi connectivity index (χ1) is 6.60. The highest BCUT2D eigenvalue weighted by Crippen LogP contribution is 2.40. The third-order valence-electron chi connectivity index (χ3n) is 1.12. The topological polar surface area (TPSA) is 38.7 Å². The van der Waals surface area contributed by atoms with Crippen LogP contribution in [0.3, 0.4) is 0 Å². The van der Waals surface area contributed by atoms with Gasteiger partial charge in [0, 0.05) is 0 Å². The van der Waals surface area contributed by atoms with Crippen LogP contribution in [0.15, 0.2) is 0 Å². The summed E-state index contributed by atoms with van der Waals surface area (Å²) in [7, 11) is 0. The highest BCUT2D eigenvalue weighted by Gasteiger charge is 2.33. The van der Waals surface area contributed by atoms with E-state index in [9.17, 15) is 0 Å². The molecule has 84 valence electrons. The van der Waals surface area contributed by atoms with E-state index in [-0.39, 0.29) is 16.9 Å². The Morgan fingerprint density at radius 1 is 0.667 bits per heavy atom. The van der Waals surface area contributed by atoms with Crippen LogP contribution in [0.5, 0.6) is 0 Å². The maximum absolute atomic E-state index is 5.55.